The Morgan fingerprint density at radius 3 is 2.76 bits per heavy atom. The topological polar surface area (TPSA) is 92.9 Å². The maximum Gasteiger partial charge on any atom is 0.303 e. The van der Waals surface area contributed by atoms with Crippen molar-refractivity contribution in [2.45, 2.75) is 38.5 Å². The average Bonchev–Trinajstić information content (AvgIpc) is 3.39. The first-order valence-corrected chi connectivity index (χ1v) is 10.5. The number of hydrogen-bond donors (Lipinski definition) is 2. The molecule has 2 heterocycles. The lowest BCUT2D eigenvalue weighted by atomic mass is 10.1. The second kappa shape index (κ2) is 10.7. The summed E-state index contributed by atoms with van der Waals surface area (Å²) in [5, 5.41) is 22.9. The van der Waals surface area contributed by atoms with E-state index in [1.807, 2.05) is 35.8 Å². The molecule has 9 heteroatoms. The largest absolute Gasteiger partial charge is 0.481 e. The third-order valence-electron chi connectivity index (χ3n) is 4.38. The van der Waals surface area contributed by atoms with Crippen molar-refractivity contribution < 1.29 is 14.3 Å². The summed E-state index contributed by atoms with van der Waals surface area (Å²) in [5.41, 5.74) is 3.59. The summed E-state index contributed by atoms with van der Waals surface area (Å²) in [6.45, 7) is 0.430. The molecular formula is C20H24FN5O2S. The summed E-state index contributed by atoms with van der Waals surface area (Å²) in [6.07, 6.45) is 5.61. The molecule has 2 N–H and O–H groups in total. The first-order chi connectivity index (χ1) is 14.2. The van der Waals surface area contributed by atoms with Crippen LogP contribution in [0.4, 0.5) is 9.52 Å². The molecule has 3 rings (SSSR count). The summed E-state index contributed by atoms with van der Waals surface area (Å²) >= 11 is 1.55. The SMILES string of the molecule is O=C(O)CCCCCNc1nc(-c2ccc(-n3cc(CCCF)nn3)cc2)cs1. The first-order valence-electron chi connectivity index (χ1n) is 9.65. The number of carboxylic acids is 1. The fourth-order valence-electron chi connectivity index (χ4n) is 2.83. The molecular weight excluding hydrogens is 393 g/mol. The number of aryl methyl sites for hydroxylation is 1. The number of unbranched alkanes of at least 4 members (excludes halogenated alkanes) is 2. The molecule has 0 aliphatic heterocycles. The van der Waals surface area contributed by atoms with Gasteiger partial charge in [0.1, 0.15) is 0 Å². The number of thiazole rings is 1. The minimum atomic E-state index is -0.741. The molecule has 0 spiro atoms. The van der Waals surface area contributed by atoms with E-state index in [0.717, 1.165) is 47.2 Å². The van der Waals surface area contributed by atoms with Gasteiger partial charge in [0.15, 0.2) is 5.13 Å². The normalized spacial score (nSPS) is 10.9. The number of alkyl halides is 1. The van der Waals surface area contributed by atoms with E-state index < -0.39 is 5.97 Å². The molecule has 0 aliphatic rings. The summed E-state index contributed by atoms with van der Waals surface area (Å²) in [7, 11) is 0. The highest BCUT2D eigenvalue weighted by atomic mass is 32.1. The van der Waals surface area contributed by atoms with Gasteiger partial charge >= 0.3 is 5.97 Å². The summed E-state index contributed by atoms with van der Waals surface area (Å²) < 4.78 is 14.0. The highest BCUT2D eigenvalue weighted by Gasteiger charge is 2.07. The van der Waals surface area contributed by atoms with Crippen LogP contribution >= 0.6 is 11.3 Å². The maximum absolute atomic E-state index is 12.3. The second-order valence-corrected chi connectivity index (χ2v) is 7.52. The van der Waals surface area contributed by atoms with E-state index in [-0.39, 0.29) is 13.1 Å². The predicted octanol–water partition coefficient (Wildman–Crippen LogP) is 4.35. The van der Waals surface area contributed by atoms with Crippen molar-refractivity contribution in [1.29, 1.82) is 0 Å². The molecule has 29 heavy (non-hydrogen) atoms. The fraction of sp³-hybridized carbons (Fsp3) is 0.400. The first kappa shape index (κ1) is 20.9. The van der Waals surface area contributed by atoms with Crippen molar-refractivity contribution in [1.82, 2.24) is 20.0 Å². The van der Waals surface area contributed by atoms with E-state index in [0.29, 0.717) is 19.3 Å². The second-order valence-electron chi connectivity index (χ2n) is 6.66. The molecule has 0 saturated heterocycles. The Hall–Kier alpha value is -2.81. The number of nitrogens with zero attached hydrogens (tertiary/aromatic N) is 4. The van der Waals surface area contributed by atoms with Gasteiger partial charge in [0.25, 0.3) is 0 Å². The van der Waals surface area contributed by atoms with Crippen LogP contribution in [0, 0.1) is 0 Å². The Bertz CT molecular complexity index is 910. The zero-order chi connectivity index (χ0) is 20.5. The van der Waals surface area contributed by atoms with Gasteiger partial charge in [-0.25, -0.2) is 9.67 Å². The van der Waals surface area contributed by atoms with Crippen LogP contribution < -0.4 is 5.32 Å². The molecule has 0 unspecified atom stereocenters. The Morgan fingerprint density at radius 2 is 2.00 bits per heavy atom. The van der Waals surface area contributed by atoms with Crippen molar-refractivity contribution >= 4 is 22.4 Å². The van der Waals surface area contributed by atoms with Gasteiger partial charge < -0.3 is 10.4 Å². The smallest absolute Gasteiger partial charge is 0.303 e. The fourth-order valence-corrected chi connectivity index (χ4v) is 3.58. The van der Waals surface area contributed by atoms with Crippen LogP contribution in [0.1, 0.15) is 37.8 Å². The van der Waals surface area contributed by atoms with Gasteiger partial charge in [0, 0.05) is 23.9 Å². The number of aromatic nitrogens is 4. The summed E-state index contributed by atoms with van der Waals surface area (Å²) in [6, 6.07) is 7.89. The number of aliphatic carboxylic acids is 1. The van der Waals surface area contributed by atoms with E-state index in [2.05, 4.69) is 20.6 Å². The predicted molar refractivity (Wildman–Crippen MR) is 111 cm³/mol. The molecule has 0 radical (unpaired) electrons. The van der Waals surface area contributed by atoms with Gasteiger partial charge in [-0.2, -0.15) is 0 Å². The van der Waals surface area contributed by atoms with Gasteiger partial charge in [0.05, 0.1) is 29.9 Å². The molecule has 0 fully saturated rings. The molecule has 0 saturated carbocycles. The molecule has 0 bridgehead atoms. The zero-order valence-electron chi connectivity index (χ0n) is 16.1. The quantitative estimate of drug-likeness (QED) is 0.426. The molecule has 2 aromatic heterocycles. The van der Waals surface area contributed by atoms with E-state index >= 15 is 0 Å². The van der Waals surface area contributed by atoms with E-state index in [4.69, 9.17) is 5.11 Å². The van der Waals surface area contributed by atoms with Crippen LogP contribution in [-0.4, -0.2) is 44.3 Å². The molecule has 0 amide bonds. The summed E-state index contributed by atoms with van der Waals surface area (Å²) in [4.78, 5) is 15.1. The highest BCUT2D eigenvalue weighted by molar-refractivity contribution is 7.14. The maximum atomic E-state index is 12.3. The van der Waals surface area contributed by atoms with Crippen LogP contribution in [0.3, 0.4) is 0 Å². The van der Waals surface area contributed by atoms with Gasteiger partial charge in [-0.3, -0.25) is 9.18 Å². The summed E-state index contributed by atoms with van der Waals surface area (Å²) in [5.74, 6) is -0.741. The number of rotatable bonds is 12. The number of benzene rings is 1. The van der Waals surface area contributed by atoms with Crippen LogP contribution in [0.15, 0.2) is 35.8 Å². The van der Waals surface area contributed by atoms with E-state index in [1.54, 1.807) is 16.0 Å². The van der Waals surface area contributed by atoms with Crippen LogP contribution in [0.25, 0.3) is 16.9 Å². The molecule has 7 nitrogen and oxygen atoms in total. The standard InChI is InChI=1S/C20H24FN5O2S/c21-11-4-5-16-13-26(25-24-16)17-9-7-15(8-10-17)18-14-29-20(23-18)22-12-3-1-2-6-19(27)28/h7-10,13-14H,1-6,11-12H2,(H,22,23)(H,27,28). The molecule has 1 aromatic carbocycles. The van der Waals surface area contributed by atoms with Crippen molar-refractivity contribution in [2.24, 2.45) is 0 Å². The lowest BCUT2D eigenvalue weighted by molar-refractivity contribution is -0.137. The Labute approximate surface area is 172 Å². The highest BCUT2D eigenvalue weighted by Crippen LogP contribution is 2.25. The number of halogens is 1. The monoisotopic (exact) mass is 417 g/mol. The zero-order valence-corrected chi connectivity index (χ0v) is 16.9. The van der Waals surface area contributed by atoms with Gasteiger partial charge in [-0.1, -0.05) is 23.8 Å². The van der Waals surface area contributed by atoms with Crippen molar-refractivity contribution in [3.63, 3.8) is 0 Å². The third-order valence-corrected chi connectivity index (χ3v) is 5.18. The number of carboxylic acid groups (broad SMARTS) is 1. The number of hydrogen-bond acceptors (Lipinski definition) is 6. The number of nitrogens with one attached hydrogen (secondary N) is 1. The molecule has 0 aliphatic carbocycles. The number of carbonyl (C=O) groups is 1. The molecule has 3 aromatic rings. The molecule has 0 atom stereocenters. The Morgan fingerprint density at radius 1 is 1.17 bits per heavy atom. The lowest BCUT2D eigenvalue weighted by Gasteiger charge is -2.03. The van der Waals surface area contributed by atoms with Crippen molar-refractivity contribution in [3.05, 3.63) is 41.5 Å². The van der Waals surface area contributed by atoms with Gasteiger partial charge in [0.2, 0.25) is 0 Å². The van der Waals surface area contributed by atoms with Crippen LogP contribution in [0.5, 0.6) is 0 Å². The third kappa shape index (κ3) is 6.35. The average molecular weight is 418 g/mol. The van der Waals surface area contributed by atoms with Crippen molar-refractivity contribution in [3.8, 4) is 16.9 Å². The van der Waals surface area contributed by atoms with Crippen LogP contribution in [-0.2, 0) is 11.2 Å². The van der Waals surface area contributed by atoms with E-state index in [9.17, 15) is 9.18 Å². The minimum absolute atomic E-state index is 0.227. The van der Waals surface area contributed by atoms with Crippen LogP contribution in [0.2, 0.25) is 0 Å². The number of anilines is 1. The lowest BCUT2D eigenvalue weighted by Crippen LogP contribution is -2.02. The molecule has 154 valence electrons. The van der Waals surface area contributed by atoms with Gasteiger partial charge in [-0.05, 0) is 37.8 Å². The Kier molecular flexibility index (Phi) is 7.69. The van der Waals surface area contributed by atoms with Crippen molar-refractivity contribution in [2.75, 3.05) is 18.5 Å². The van der Waals surface area contributed by atoms with Gasteiger partial charge in [-0.15, -0.1) is 16.4 Å². The minimum Gasteiger partial charge on any atom is -0.481 e. The van der Waals surface area contributed by atoms with E-state index in [1.165, 1.54) is 0 Å². The Balaban J connectivity index is 1.51.